The lowest BCUT2D eigenvalue weighted by Gasteiger charge is -2.07. The summed E-state index contributed by atoms with van der Waals surface area (Å²) >= 11 is 0. The molecule has 0 bridgehead atoms. The summed E-state index contributed by atoms with van der Waals surface area (Å²) in [6, 6.07) is 0. The van der Waals surface area contributed by atoms with Gasteiger partial charge < -0.3 is 9.05 Å². The van der Waals surface area contributed by atoms with E-state index in [1.807, 2.05) is 0 Å². The Bertz CT molecular complexity index is 736. The molecule has 0 aromatic carbocycles. The molecule has 3 rings (SSSR count). The Hall–Kier alpha value is -1.83. The zero-order valence-corrected chi connectivity index (χ0v) is 12.2. The summed E-state index contributed by atoms with van der Waals surface area (Å²) in [5.74, 6) is 1.13. The van der Waals surface area contributed by atoms with Crippen molar-refractivity contribution in [3.63, 3.8) is 0 Å². The molecule has 0 amide bonds. The molecule has 0 saturated heterocycles. The molecule has 1 fully saturated rings. The molecule has 8 heteroatoms. The number of hydrogen-bond acceptors (Lipinski definition) is 6. The van der Waals surface area contributed by atoms with Gasteiger partial charge in [-0.25, -0.2) is 8.42 Å². The summed E-state index contributed by atoms with van der Waals surface area (Å²) in [6.07, 6.45) is 1.99. The second kappa shape index (κ2) is 4.34. The molecule has 2 aromatic heterocycles. The molecule has 20 heavy (non-hydrogen) atoms. The van der Waals surface area contributed by atoms with Gasteiger partial charge in [-0.3, -0.25) is 4.72 Å². The van der Waals surface area contributed by atoms with Crippen molar-refractivity contribution in [1.29, 1.82) is 0 Å². The van der Waals surface area contributed by atoms with E-state index in [-0.39, 0.29) is 16.6 Å². The molecule has 1 aliphatic carbocycles. The molecule has 0 atom stereocenters. The van der Waals surface area contributed by atoms with Gasteiger partial charge in [-0.1, -0.05) is 10.3 Å². The van der Waals surface area contributed by atoms with E-state index < -0.39 is 10.0 Å². The van der Waals surface area contributed by atoms with E-state index in [4.69, 9.17) is 9.05 Å². The number of aromatic nitrogens is 2. The van der Waals surface area contributed by atoms with Crippen LogP contribution in [0.3, 0.4) is 0 Å². The van der Waals surface area contributed by atoms with E-state index >= 15 is 0 Å². The van der Waals surface area contributed by atoms with Crippen molar-refractivity contribution in [3.05, 3.63) is 22.9 Å². The average Bonchev–Trinajstić information content (AvgIpc) is 3.06. The van der Waals surface area contributed by atoms with Gasteiger partial charge in [0.25, 0.3) is 10.0 Å². The minimum Gasteiger partial charge on any atom is -0.360 e. The summed E-state index contributed by atoms with van der Waals surface area (Å²) in [4.78, 5) is 0.0693. The second-order valence-corrected chi connectivity index (χ2v) is 6.66. The lowest BCUT2D eigenvalue weighted by atomic mass is 10.2. The molecule has 2 aromatic rings. The zero-order chi connectivity index (χ0) is 14.5. The smallest absolute Gasteiger partial charge is 0.267 e. The summed E-state index contributed by atoms with van der Waals surface area (Å²) in [5, 5.41) is 7.52. The third-order valence-electron chi connectivity index (χ3n) is 3.31. The first-order valence-electron chi connectivity index (χ1n) is 6.32. The number of nitrogens with zero attached hydrogens (tertiary/aromatic N) is 2. The van der Waals surface area contributed by atoms with Crippen LogP contribution in [0.25, 0.3) is 0 Å². The highest BCUT2D eigenvalue weighted by molar-refractivity contribution is 7.92. The largest absolute Gasteiger partial charge is 0.360 e. The van der Waals surface area contributed by atoms with Crippen molar-refractivity contribution in [2.24, 2.45) is 0 Å². The minimum atomic E-state index is -3.76. The zero-order valence-electron chi connectivity index (χ0n) is 11.4. The van der Waals surface area contributed by atoms with Crippen molar-refractivity contribution in [1.82, 2.24) is 10.3 Å². The first-order chi connectivity index (χ1) is 9.40. The Morgan fingerprint density at radius 1 is 1.10 bits per heavy atom. The first kappa shape index (κ1) is 13.2. The molecule has 7 nitrogen and oxygen atoms in total. The van der Waals surface area contributed by atoms with Gasteiger partial charge in [-0.2, -0.15) is 0 Å². The Labute approximate surface area is 116 Å². The monoisotopic (exact) mass is 297 g/mol. The summed E-state index contributed by atoms with van der Waals surface area (Å²) in [6.45, 7) is 4.87. The van der Waals surface area contributed by atoms with Crippen LogP contribution in [-0.2, 0) is 10.0 Å². The van der Waals surface area contributed by atoms with Crippen LogP contribution in [0.15, 0.2) is 13.9 Å². The van der Waals surface area contributed by atoms with E-state index in [1.54, 1.807) is 20.8 Å². The van der Waals surface area contributed by atoms with Crippen LogP contribution in [0, 0.1) is 20.8 Å². The molecule has 0 aliphatic heterocycles. The normalized spacial score (nSPS) is 15.6. The van der Waals surface area contributed by atoms with Crippen LogP contribution in [0.4, 0.5) is 5.69 Å². The molecule has 1 aliphatic rings. The molecule has 0 unspecified atom stereocenters. The Balaban J connectivity index is 2.00. The molecule has 108 valence electrons. The summed E-state index contributed by atoms with van der Waals surface area (Å²) in [5.41, 5.74) is 1.30. The molecular weight excluding hydrogens is 282 g/mol. The topological polar surface area (TPSA) is 98.2 Å². The van der Waals surface area contributed by atoms with E-state index in [9.17, 15) is 8.42 Å². The van der Waals surface area contributed by atoms with Crippen LogP contribution in [0.5, 0.6) is 0 Å². The molecule has 1 N–H and O–H groups in total. The number of anilines is 1. The lowest BCUT2D eigenvalue weighted by Crippen LogP contribution is -2.15. The fraction of sp³-hybridized carbons (Fsp3) is 0.500. The molecule has 1 saturated carbocycles. The average molecular weight is 297 g/mol. The maximum Gasteiger partial charge on any atom is 0.267 e. The Morgan fingerprint density at radius 3 is 2.30 bits per heavy atom. The van der Waals surface area contributed by atoms with Gasteiger partial charge >= 0.3 is 0 Å². The van der Waals surface area contributed by atoms with Crippen molar-refractivity contribution < 1.29 is 17.5 Å². The predicted octanol–water partition coefficient (Wildman–Crippen LogP) is 2.27. The second-order valence-electron chi connectivity index (χ2n) is 5.04. The Kier molecular flexibility index (Phi) is 2.86. The number of aryl methyl sites for hydroxylation is 3. The molecular formula is C12H15N3O4S. The van der Waals surface area contributed by atoms with Crippen LogP contribution < -0.4 is 4.72 Å². The maximum atomic E-state index is 12.5. The SMILES string of the molecule is Cc1noc(C2CC2)c1NS(=O)(=O)c1c(C)noc1C. The maximum absolute atomic E-state index is 12.5. The fourth-order valence-electron chi connectivity index (χ4n) is 2.18. The fourth-order valence-corrected chi connectivity index (χ4v) is 3.64. The van der Waals surface area contributed by atoms with Crippen LogP contribution in [0.2, 0.25) is 0 Å². The van der Waals surface area contributed by atoms with E-state index in [2.05, 4.69) is 15.0 Å². The van der Waals surface area contributed by atoms with Gasteiger partial charge in [-0.05, 0) is 33.6 Å². The van der Waals surface area contributed by atoms with Gasteiger partial charge in [0.05, 0.1) is 0 Å². The molecule has 0 spiro atoms. The quantitative estimate of drug-likeness (QED) is 0.929. The summed E-state index contributed by atoms with van der Waals surface area (Å²) in [7, 11) is -3.76. The highest BCUT2D eigenvalue weighted by Crippen LogP contribution is 2.44. The van der Waals surface area contributed by atoms with Gasteiger partial charge in [0.1, 0.15) is 17.1 Å². The van der Waals surface area contributed by atoms with Gasteiger partial charge in [0, 0.05) is 5.92 Å². The number of nitrogens with one attached hydrogen (secondary N) is 1. The Morgan fingerprint density at radius 2 is 1.75 bits per heavy atom. The van der Waals surface area contributed by atoms with Gasteiger partial charge in [0.15, 0.2) is 16.4 Å². The van der Waals surface area contributed by atoms with E-state index in [0.29, 0.717) is 22.8 Å². The van der Waals surface area contributed by atoms with Crippen molar-refractivity contribution in [3.8, 4) is 0 Å². The first-order valence-corrected chi connectivity index (χ1v) is 7.80. The van der Waals surface area contributed by atoms with Crippen LogP contribution >= 0.6 is 0 Å². The number of sulfonamides is 1. The third-order valence-corrected chi connectivity index (χ3v) is 4.90. The van der Waals surface area contributed by atoms with E-state index in [0.717, 1.165) is 12.8 Å². The standard InChI is InChI=1S/C12H15N3O4S/c1-6-10(11(19-13-6)9-4-5-9)15-20(16,17)12-7(2)14-18-8(12)3/h9,15H,4-5H2,1-3H3. The third kappa shape index (κ3) is 2.09. The highest BCUT2D eigenvalue weighted by Gasteiger charge is 2.34. The van der Waals surface area contributed by atoms with Gasteiger partial charge in [0.2, 0.25) is 0 Å². The minimum absolute atomic E-state index is 0.0693. The van der Waals surface area contributed by atoms with Crippen molar-refractivity contribution in [2.45, 2.75) is 44.4 Å². The van der Waals surface area contributed by atoms with Crippen molar-refractivity contribution >= 4 is 15.7 Å². The highest BCUT2D eigenvalue weighted by atomic mass is 32.2. The van der Waals surface area contributed by atoms with Gasteiger partial charge in [-0.15, -0.1) is 0 Å². The molecule has 2 heterocycles. The van der Waals surface area contributed by atoms with Crippen LogP contribution in [0.1, 0.15) is 41.7 Å². The summed E-state index contributed by atoms with van der Waals surface area (Å²) < 4.78 is 37.6. The number of hydrogen-bond donors (Lipinski definition) is 1. The lowest BCUT2D eigenvalue weighted by molar-refractivity contribution is 0.381. The predicted molar refractivity (Wildman–Crippen MR) is 70.0 cm³/mol. The van der Waals surface area contributed by atoms with Crippen LogP contribution in [-0.4, -0.2) is 18.7 Å². The molecule has 0 radical (unpaired) electrons. The number of rotatable bonds is 4. The van der Waals surface area contributed by atoms with E-state index in [1.165, 1.54) is 0 Å². The van der Waals surface area contributed by atoms with Crippen molar-refractivity contribution in [2.75, 3.05) is 4.72 Å².